The molecule has 0 radical (unpaired) electrons. The molecule has 0 saturated carbocycles. The molecule has 2 heterocycles. The Bertz CT molecular complexity index is 170. The number of hydrogen-bond donors (Lipinski definition) is 1. The summed E-state index contributed by atoms with van der Waals surface area (Å²) in [6.07, 6.45) is 3.50. The lowest BCUT2D eigenvalue weighted by atomic mass is 10.1. The number of ether oxygens (including phenoxy) is 1. The summed E-state index contributed by atoms with van der Waals surface area (Å²) in [5.74, 6) is 0. The van der Waals surface area contributed by atoms with Gasteiger partial charge in [-0.3, -0.25) is 4.90 Å². The molecule has 2 rings (SSSR count). The van der Waals surface area contributed by atoms with Gasteiger partial charge in [-0.15, -0.1) is 0 Å². The Kier molecular flexibility index (Phi) is 3.42. The van der Waals surface area contributed by atoms with Gasteiger partial charge in [-0.2, -0.15) is 0 Å². The van der Waals surface area contributed by atoms with Crippen LogP contribution in [-0.2, 0) is 4.74 Å². The van der Waals surface area contributed by atoms with Crippen LogP contribution in [-0.4, -0.2) is 49.3 Å². The van der Waals surface area contributed by atoms with E-state index in [1.54, 1.807) is 0 Å². The van der Waals surface area contributed by atoms with Crippen molar-refractivity contribution in [3.63, 3.8) is 0 Å². The Morgan fingerprint density at radius 1 is 1.29 bits per heavy atom. The van der Waals surface area contributed by atoms with Gasteiger partial charge in [-0.1, -0.05) is 0 Å². The number of hydrogen-bond acceptors (Lipinski definition) is 3. The maximum Gasteiger partial charge on any atom is 0.0678 e. The fourth-order valence-corrected chi connectivity index (χ4v) is 2.66. The molecule has 3 heteroatoms. The maximum absolute atomic E-state index is 5.72. The van der Waals surface area contributed by atoms with Gasteiger partial charge in [0.05, 0.1) is 12.2 Å². The largest absolute Gasteiger partial charge is 0.373 e. The molecule has 3 atom stereocenters. The van der Waals surface area contributed by atoms with E-state index < -0.39 is 0 Å². The van der Waals surface area contributed by atoms with E-state index in [2.05, 4.69) is 24.1 Å². The summed E-state index contributed by atoms with van der Waals surface area (Å²) in [7, 11) is 0. The van der Waals surface area contributed by atoms with Crippen molar-refractivity contribution < 1.29 is 4.74 Å². The molecule has 2 fully saturated rings. The highest BCUT2D eigenvalue weighted by atomic mass is 16.5. The lowest BCUT2D eigenvalue weighted by Crippen LogP contribution is -2.49. The van der Waals surface area contributed by atoms with Gasteiger partial charge in [0.25, 0.3) is 0 Å². The van der Waals surface area contributed by atoms with Crippen molar-refractivity contribution >= 4 is 0 Å². The molecule has 2 aliphatic heterocycles. The van der Waals surface area contributed by atoms with E-state index in [1.807, 2.05) is 0 Å². The topological polar surface area (TPSA) is 24.5 Å². The second-order valence-electron chi connectivity index (χ2n) is 4.77. The Morgan fingerprint density at radius 3 is 2.57 bits per heavy atom. The molecule has 2 saturated heterocycles. The first-order valence-electron chi connectivity index (χ1n) is 5.85. The first kappa shape index (κ1) is 10.4. The molecule has 0 aliphatic carbocycles. The first-order valence-corrected chi connectivity index (χ1v) is 5.85. The number of rotatable bonds is 2. The molecule has 3 nitrogen and oxygen atoms in total. The van der Waals surface area contributed by atoms with Gasteiger partial charge in [0, 0.05) is 25.7 Å². The first-order chi connectivity index (χ1) is 6.74. The summed E-state index contributed by atoms with van der Waals surface area (Å²) >= 11 is 0. The molecule has 0 bridgehead atoms. The van der Waals surface area contributed by atoms with Crippen LogP contribution in [0.4, 0.5) is 0 Å². The molecular weight excluding hydrogens is 176 g/mol. The minimum Gasteiger partial charge on any atom is -0.373 e. The van der Waals surface area contributed by atoms with E-state index in [9.17, 15) is 0 Å². The predicted molar refractivity (Wildman–Crippen MR) is 57.5 cm³/mol. The summed E-state index contributed by atoms with van der Waals surface area (Å²) in [6.45, 7) is 8.96. The van der Waals surface area contributed by atoms with Gasteiger partial charge in [0.2, 0.25) is 0 Å². The molecule has 0 amide bonds. The number of morpholine rings is 1. The number of nitrogens with zero attached hydrogens (tertiary/aromatic N) is 1. The van der Waals surface area contributed by atoms with Crippen LogP contribution in [0.25, 0.3) is 0 Å². The average Bonchev–Trinajstić information content (AvgIpc) is 2.54. The van der Waals surface area contributed by atoms with Crippen LogP contribution in [0.2, 0.25) is 0 Å². The highest BCUT2D eigenvalue weighted by Gasteiger charge is 2.25. The van der Waals surface area contributed by atoms with Crippen LogP contribution in [0.15, 0.2) is 0 Å². The van der Waals surface area contributed by atoms with Crippen molar-refractivity contribution in [1.82, 2.24) is 10.2 Å². The van der Waals surface area contributed by atoms with Gasteiger partial charge < -0.3 is 10.1 Å². The van der Waals surface area contributed by atoms with E-state index in [1.165, 1.54) is 25.9 Å². The Labute approximate surface area is 86.8 Å². The van der Waals surface area contributed by atoms with E-state index in [0.29, 0.717) is 12.2 Å². The quantitative estimate of drug-likeness (QED) is 0.712. The van der Waals surface area contributed by atoms with Gasteiger partial charge in [0.1, 0.15) is 0 Å². The summed E-state index contributed by atoms with van der Waals surface area (Å²) in [6, 6.07) is 0.729. The van der Waals surface area contributed by atoms with Gasteiger partial charge >= 0.3 is 0 Å². The van der Waals surface area contributed by atoms with Gasteiger partial charge in [-0.25, -0.2) is 0 Å². The van der Waals surface area contributed by atoms with Crippen molar-refractivity contribution in [2.75, 3.05) is 26.2 Å². The van der Waals surface area contributed by atoms with E-state index in [-0.39, 0.29) is 0 Å². The third-order valence-electron chi connectivity index (χ3n) is 3.14. The predicted octanol–water partition coefficient (Wildman–Crippen LogP) is 0.848. The Balaban J connectivity index is 1.78. The monoisotopic (exact) mass is 198 g/mol. The summed E-state index contributed by atoms with van der Waals surface area (Å²) in [4.78, 5) is 2.54. The molecule has 82 valence electrons. The van der Waals surface area contributed by atoms with Crippen LogP contribution >= 0.6 is 0 Å². The zero-order valence-corrected chi connectivity index (χ0v) is 9.33. The highest BCUT2D eigenvalue weighted by molar-refractivity contribution is 4.81. The Morgan fingerprint density at radius 2 is 2.00 bits per heavy atom. The lowest BCUT2D eigenvalue weighted by molar-refractivity contribution is -0.0694. The highest BCUT2D eigenvalue weighted by Crippen LogP contribution is 2.13. The van der Waals surface area contributed by atoms with E-state index in [4.69, 9.17) is 4.74 Å². The molecule has 0 aromatic heterocycles. The van der Waals surface area contributed by atoms with Gasteiger partial charge in [0.15, 0.2) is 0 Å². The van der Waals surface area contributed by atoms with Crippen molar-refractivity contribution in [3.8, 4) is 0 Å². The molecule has 1 N–H and O–H groups in total. The zero-order valence-electron chi connectivity index (χ0n) is 9.33. The minimum absolute atomic E-state index is 0.403. The molecule has 14 heavy (non-hydrogen) atoms. The van der Waals surface area contributed by atoms with Crippen molar-refractivity contribution in [2.45, 2.75) is 44.9 Å². The van der Waals surface area contributed by atoms with Crippen LogP contribution in [0.5, 0.6) is 0 Å². The number of nitrogens with one attached hydrogen (secondary N) is 1. The maximum atomic E-state index is 5.72. The molecule has 0 aromatic rings. The molecular formula is C11H22N2O. The lowest BCUT2D eigenvalue weighted by Gasteiger charge is -2.36. The van der Waals surface area contributed by atoms with Crippen molar-refractivity contribution in [1.29, 1.82) is 0 Å². The third kappa shape index (κ3) is 2.69. The van der Waals surface area contributed by atoms with E-state index >= 15 is 0 Å². The van der Waals surface area contributed by atoms with Crippen LogP contribution < -0.4 is 5.32 Å². The standard InChI is InChI=1S/C11H22N2O/c1-9-6-13(7-10(2)14-9)8-11-4-3-5-12-11/h9-12H,3-8H2,1-2H3/t9-,10-,11-/m1/s1. The summed E-state index contributed by atoms with van der Waals surface area (Å²) < 4.78 is 5.72. The molecule has 2 aliphatic rings. The SMILES string of the molecule is C[C@@H]1CN(C[C@H]2CCCN2)C[C@@H](C)O1. The minimum atomic E-state index is 0.403. The van der Waals surface area contributed by atoms with Crippen LogP contribution in [0, 0.1) is 0 Å². The fraction of sp³-hybridized carbons (Fsp3) is 1.00. The van der Waals surface area contributed by atoms with Crippen LogP contribution in [0.3, 0.4) is 0 Å². The summed E-state index contributed by atoms with van der Waals surface area (Å²) in [5.41, 5.74) is 0. The second kappa shape index (κ2) is 4.60. The second-order valence-corrected chi connectivity index (χ2v) is 4.77. The smallest absolute Gasteiger partial charge is 0.0678 e. The van der Waals surface area contributed by atoms with Gasteiger partial charge in [-0.05, 0) is 33.2 Å². The average molecular weight is 198 g/mol. The molecule has 0 spiro atoms. The third-order valence-corrected chi connectivity index (χ3v) is 3.14. The van der Waals surface area contributed by atoms with Crippen molar-refractivity contribution in [2.24, 2.45) is 0 Å². The molecule has 0 aromatic carbocycles. The normalized spacial score (nSPS) is 40.3. The fourth-order valence-electron chi connectivity index (χ4n) is 2.66. The molecule has 0 unspecified atom stereocenters. The van der Waals surface area contributed by atoms with Crippen molar-refractivity contribution in [3.05, 3.63) is 0 Å². The van der Waals surface area contributed by atoms with Crippen LogP contribution in [0.1, 0.15) is 26.7 Å². The Hall–Kier alpha value is -0.120. The van der Waals surface area contributed by atoms with E-state index in [0.717, 1.165) is 19.1 Å². The summed E-state index contributed by atoms with van der Waals surface area (Å²) in [5, 5.41) is 3.55. The zero-order chi connectivity index (χ0) is 9.97.